The second-order valence-electron chi connectivity index (χ2n) is 7.74. The van der Waals surface area contributed by atoms with Crippen molar-refractivity contribution in [2.45, 2.75) is 20.5 Å². The first-order valence-corrected chi connectivity index (χ1v) is 11.4. The predicted molar refractivity (Wildman–Crippen MR) is 137 cm³/mol. The summed E-state index contributed by atoms with van der Waals surface area (Å²) in [6, 6.07) is 20.9. The minimum absolute atomic E-state index is 0.230. The summed E-state index contributed by atoms with van der Waals surface area (Å²) < 4.78 is 16.9. The van der Waals surface area contributed by atoms with Gasteiger partial charge < -0.3 is 19.5 Å². The number of benzene rings is 3. The molecule has 4 rings (SSSR count). The van der Waals surface area contributed by atoms with E-state index in [-0.39, 0.29) is 5.91 Å². The highest BCUT2D eigenvalue weighted by Crippen LogP contribution is 2.31. The number of nitrogens with zero attached hydrogens (tertiary/aromatic N) is 1. The van der Waals surface area contributed by atoms with Crippen LogP contribution in [0.5, 0.6) is 17.2 Å². The summed E-state index contributed by atoms with van der Waals surface area (Å²) in [5.74, 6) is 1.72. The molecule has 0 radical (unpaired) electrons. The maximum Gasteiger partial charge on any atom is 0.281 e. The molecule has 0 unspecified atom stereocenters. The van der Waals surface area contributed by atoms with Crippen molar-refractivity contribution >= 4 is 35.0 Å². The Hall–Kier alpha value is -3.84. The molecule has 0 bridgehead atoms. The van der Waals surface area contributed by atoms with Crippen LogP contribution >= 0.6 is 12.2 Å². The summed E-state index contributed by atoms with van der Waals surface area (Å²) in [6.45, 7) is 4.95. The molecule has 1 heterocycles. The van der Waals surface area contributed by atoms with Crippen molar-refractivity contribution in [2.75, 3.05) is 18.6 Å². The van der Waals surface area contributed by atoms with Crippen molar-refractivity contribution in [3.8, 4) is 17.2 Å². The van der Waals surface area contributed by atoms with Gasteiger partial charge in [0.25, 0.3) is 5.91 Å². The molecule has 34 heavy (non-hydrogen) atoms. The minimum Gasteiger partial charge on any atom is -0.494 e. The first kappa shape index (κ1) is 23.3. The maximum absolute atomic E-state index is 13.1. The fourth-order valence-corrected chi connectivity index (χ4v) is 3.83. The van der Waals surface area contributed by atoms with Crippen molar-refractivity contribution in [1.82, 2.24) is 5.32 Å². The third kappa shape index (κ3) is 5.21. The highest BCUT2D eigenvalue weighted by Gasteiger charge is 2.32. The molecule has 0 spiro atoms. The fraction of sp³-hybridized carbons (Fsp3) is 0.185. The van der Waals surface area contributed by atoms with Crippen LogP contribution < -0.4 is 24.4 Å². The van der Waals surface area contributed by atoms with Gasteiger partial charge in [0.2, 0.25) is 0 Å². The summed E-state index contributed by atoms with van der Waals surface area (Å²) in [4.78, 5) is 14.6. The smallest absolute Gasteiger partial charge is 0.281 e. The molecule has 1 fully saturated rings. The van der Waals surface area contributed by atoms with Crippen LogP contribution in [0.2, 0.25) is 0 Å². The zero-order chi connectivity index (χ0) is 24.1. The molecule has 7 heteroatoms. The van der Waals surface area contributed by atoms with E-state index in [1.165, 1.54) is 10.5 Å². The molecule has 6 nitrogen and oxygen atoms in total. The minimum atomic E-state index is -0.230. The quantitative estimate of drug-likeness (QED) is 0.356. The van der Waals surface area contributed by atoms with Gasteiger partial charge in [-0.3, -0.25) is 9.69 Å². The van der Waals surface area contributed by atoms with Crippen LogP contribution in [0.25, 0.3) is 6.08 Å². The van der Waals surface area contributed by atoms with Crippen molar-refractivity contribution < 1.29 is 19.0 Å². The molecule has 0 saturated carbocycles. The van der Waals surface area contributed by atoms with Gasteiger partial charge >= 0.3 is 0 Å². The Kier molecular flexibility index (Phi) is 7.13. The average molecular weight is 475 g/mol. The van der Waals surface area contributed by atoms with Gasteiger partial charge in [0.1, 0.15) is 18.1 Å². The van der Waals surface area contributed by atoms with Gasteiger partial charge in [0.05, 0.1) is 19.4 Å². The lowest BCUT2D eigenvalue weighted by Gasteiger charge is -2.14. The lowest BCUT2D eigenvalue weighted by molar-refractivity contribution is -0.113. The topological polar surface area (TPSA) is 60.0 Å². The Morgan fingerprint density at radius 3 is 2.38 bits per heavy atom. The van der Waals surface area contributed by atoms with Gasteiger partial charge in [0, 0.05) is 0 Å². The summed E-state index contributed by atoms with van der Waals surface area (Å²) >= 11 is 5.42. The number of nitrogens with one attached hydrogen (secondary N) is 1. The number of thiocarbonyl (C=S) groups is 1. The van der Waals surface area contributed by atoms with Crippen LogP contribution in [0.1, 0.15) is 23.6 Å². The van der Waals surface area contributed by atoms with E-state index in [2.05, 4.69) is 5.32 Å². The van der Waals surface area contributed by atoms with E-state index in [1.54, 1.807) is 13.2 Å². The predicted octanol–water partition coefficient (Wildman–Crippen LogP) is 5.24. The number of anilines is 1. The SMILES string of the molecule is CCOc1ccc(N2C(=O)/C(=C\c3ccc(OC)c(OCc4ccc(C)cc4)c3)NC2=S)cc1. The maximum atomic E-state index is 13.1. The third-order valence-electron chi connectivity index (χ3n) is 5.30. The number of methoxy groups -OCH3 is 1. The number of aryl methyl sites for hydroxylation is 1. The summed E-state index contributed by atoms with van der Waals surface area (Å²) in [7, 11) is 1.60. The Balaban J connectivity index is 1.53. The lowest BCUT2D eigenvalue weighted by atomic mass is 10.1. The number of ether oxygens (including phenoxy) is 3. The molecule has 174 valence electrons. The molecule has 0 aromatic heterocycles. The molecular weight excluding hydrogens is 448 g/mol. The standard InChI is InChI=1S/C27H26N2O4S/c1-4-32-22-12-10-21(11-13-22)29-26(30)23(28-27(29)34)15-20-9-14-24(31-3)25(16-20)33-17-19-7-5-18(2)6-8-19/h5-16H,4,17H2,1-3H3,(H,28,34)/b23-15+. The van der Waals surface area contributed by atoms with Gasteiger partial charge in [-0.05, 0) is 79.7 Å². The number of carbonyl (C=O) groups excluding carboxylic acids is 1. The first-order valence-electron chi connectivity index (χ1n) is 10.9. The molecule has 3 aromatic rings. The fourth-order valence-electron chi connectivity index (χ4n) is 3.54. The highest BCUT2D eigenvalue weighted by molar-refractivity contribution is 7.80. The van der Waals surface area contributed by atoms with E-state index in [0.717, 1.165) is 16.9 Å². The van der Waals surface area contributed by atoms with Gasteiger partial charge in [-0.2, -0.15) is 0 Å². The molecule has 1 amide bonds. The molecule has 1 aliphatic rings. The van der Waals surface area contributed by atoms with E-state index in [0.29, 0.717) is 41.2 Å². The van der Waals surface area contributed by atoms with Crippen molar-refractivity contribution in [3.63, 3.8) is 0 Å². The molecule has 0 aliphatic carbocycles. The number of carbonyl (C=O) groups is 1. The largest absolute Gasteiger partial charge is 0.494 e. The molecular formula is C27H26N2O4S. The van der Waals surface area contributed by atoms with Crippen molar-refractivity contribution in [2.24, 2.45) is 0 Å². The summed E-state index contributed by atoms with van der Waals surface area (Å²) in [5, 5.41) is 3.34. The summed E-state index contributed by atoms with van der Waals surface area (Å²) in [6.07, 6.45) is 1.75. The molecule has 1 saturated heterocycles. The van der Waals surface area contributed by atoms with E-state index >= 15 is 0 Å². The van der Waals surface area contributed by atoms with Crippen LogP contribution in [0.3, 0.4) is 0 Å². The average Bonchev–Trinajstić information content (AvgIpc) is 3.12. The van der Waals surface area contributed by atoms with Crippen molar-refractivity contribution in [1.29, 1.82) is 0 Å². The van der Waals surface area contributed by atoms with Crippen LogP contribution in [0.15, 0.2) is 72.4 Å². The van der Waals surface area contributed by atoms with E-state index in [9.17, 15) is 4.79 Å². The normalized spacial score (nSPS) is 14.3. The first-order chi connectivity index (χ1) is 16.5. The molecule has 3 aromatic carbocycles. The third-order valence-corrected chi connectivity index (χ3v) is 5.58. The number of hydrogen-bond acceptors (Lipinski definition) is 5. The Labute approximate surface area is 204 Å². The zero-order valence-electron chi connectivity index (χ0n) is 19.3. The highest BCUT2D eigenvalue weighted by atomic mass is 32.1. The Morgan fingerprint density at radius 2 is 1.71 bits per heavy atom. The van der Waals surface area contributed by atoms with Gasteiger partial charge in [-0.15, -0.1) is 0 Å². The van der Waals surface area contributed by atoms with Crippen LogP contribution in [0, 0.1) is 6.92 Å². The second-order valence-corrected chi connectivity index (χ2v) is 8.13. The number of hydrogen-bond donors (Lipinski definition) is 1. The van der Waals surface area contributed by atoms with E-state index < -0.39 is 0 Å². The van der Waals surface area contributed by atoms with Crippen LogP contribution in [0.4, 0.5) is 5.69 Å². The van der Waals surface area contributed by atoms with E-state index in [4.69, 9.17) is 26.4 Å². The lowest BCUT2D eigenvalue weighted by Crippen LogP contribution is -2.30. The van der Waals surface area contributed by atoms with Gasteiger partial charge in [-0.25, -0.2) is 0 Å². The molecule has 1 aliphatic heterocycles. The number of rotatable bonds is 8. The summed E-state index contributed by atoms with van der Waals surface area (Å²) in [5.41, 5.74) is 4.09. The second kappa shape index (κ2) is 10.4. The monoisotopic (exact) mass is 474 g/mol. The number of amides is 1. The van der Waals surface area contributed by atoms with Gasteiger partial charge in [-0.1, -0.05) is 35.9 Å². The van der Waals surface area contributed by atoms with E-state index in [1.807, 2.05) is 80.6 Å². The zero-order valence-corrected chi connectivity index (χ0v) is 20.1. The van der Waals surface area contributed by atoms with Crippen LogP contribution in [-0.4, -0.2) is 24.7 Å². The Morgan fingerprint density at radius 1 is 0.971 bits per heavy atom. The van der Waals surface area contributed by atoms with Gasteiger partial charge in [0.15, 0.2) is 16.6 Å². The Bertz CT molecular complexity index is 1220. The molecule has 0 atom stereocenters. The van der Waals surface area contributed by atoms with Crippen molar-refractivity contribution in [3.05, 3.63) is 89.1 Å². The molecule has 1 N–H and O–H groups in total. The van der Waals surface area contributed by atoms with Crippen LogP contribution in [-0.2, 0) is 11.4 Å².